The van der Waals surface area contributed by atoms with Crippen LogP contribution in [0.25, 0.3) is 0 Å². The second-order valence-corrected chi connectivity index (χ2v) is 6.93. The van der Waals surface area contributed by atoms with Gasteiger partial charge in [-0.15, -0.1) is 0 Å². The zero-order chi connectivity index (χ0) is 15.0. The van der Waals surface area contributed by atoms with Crippen LogP contribution in [0.5, 0.6) is 0 Å². The molecule has 5 nitrogen and oxygen atoms in total. The largest absolute Gasteiger partial charge is 0.418 e. The van der Waals surface area contributed by atoms with Gasteiger partial charge in [-0.3, -0.25) is 4.79 Å². The van der Waals surface area contributed by atoms with Crippen LogP contribution in [0.3, 0.4) is 0 Å². The van der Waals surface area contributed by atoms with Crippen molar-refractivity contribution in [2.45, 2.75) is 26.7 Å². The van der Waals surface area contributed by atoms with Gasteiger partial charge in [0.05, 0.1) is 13.2 Å². The fraction of sp³-hybridized carbons (Fsp3) is 0.462. The van der Waals surface area contributed by atoms with Crippen LogP contribution in [-0.4, -0.2) is 18.9 Å². The van der Waals surface area contributed by atoms with E-state index in [4.69, 9.17) is 9.05 Å². The quantitative estimate of drug-likeness (QED) is 0.658. The second kappa shape index (κ2) is 8.57. The number of halogens is 1. The van der Waals surface area contributed by atoms with Crippen molar-refractivity contribution in [3.8, 4) is 0 Å². The van der Waals surface area contributed by atoms with Gasteiger partial charge in [0.25, 0.3) is 0 Å². The lowest BCUT2D eigenvalue weighted by Crippen LogP contribution is -2.15. The first-order valence-electron chi connectivity index (χ1n) is 6.48. The summed E-state index contributed by atoms with van der Waals surface area (Å²) in [5, 5.41) is 2.55. The molecule has 1 aromatic carbocycles. The summed E-state index contributed by atoms with van der Waals surface area (Å²) in [6.07, 6.45) is 1.32. The molecular weight excluding hydrogens is 345 g/mol. The Kier molecular flexibility index (Phi) is 7.45. The number of rotatable bonds is 8. The van der Waals surface area contributed by atoms with Gasteiger partial charge in [0.2, 0.25) is 0 Å². The van der Waals surface area contributed by atoms with Gasteiger partial charge in [0.1, 0.15) is 0 Å². The van der Waals surface area contributed by atoms with Crippen LogP contribution in [0.1, 0.15) is 26.7 Å². The molecule has 1 amide bonds. The highest BCUT2D eigenvalue weighted by Gasteiger charge is 2.34. The SMILES string of the molecule is CCCOP(=O)(OCCC)C(=O)Nc1ccc(Br)cc1. The first-order chi connectivity index (χ1) is 9.51. The number of carbonyl (C=O) groups is 1. The number of hydrogen-bond acceptors (Lipinski definition) is 4. The summed E-state index contributed by atoms with van der Waals surface area (Å²) in [6.45, 7) is 4.18. The van der Waals surface area contributed by atoms with Crippen molar-refractivity contribution < 1.29 is 18.4 Å². The molecule has 0 bridgehead atoms. The van der Waals surface area contributed by atoms with Crippen molar-refractivity contribution in [3.05, 3.63) is 28.7 Å². The Labute approximate surface area is 127 Å². The van der Waals surface area contributed by atoms with Gasteiger partial charge in [0.15, 0.2) is 0 Å². The van der Waals surface area contributed by atoms with Crippen LogP contribution >= 0.6 is 23.5 Å². The minimum Gasteiger partial charge on any atom is -0.316 e. The maximum Gasteiger partial charge on any atom is 0.418 e. The van der Waals surface area contributed by atoms with Crippen LogP contribution in [0.4, 0.5) is 10.5 Å². The third-order valence-electron chi connectivity index (χ3n) is 2.27. The molecule has 1 N–H and O–H groups in total. The Morgan fingerprint density at radius 1 is 1.15 bits per heavy atom. The lowest BCUT2D eigenvalue weighted by Gasteiger charge is -2.17. The molecule has 0 heterocycles. The van der Waals surface area contributed by atoms with Gasteiger partial charge >= 0.3 is 13.2 Å². The number of anilines is 1. The molecule has 0 radical (unpaired) electrons. The summed E-state index contributed by atoms with van der Waals surface area (Å²) < 4.78 is 23.6. The van der Waals surface area contributed by atoms with Crippen LogP contribution < -0.4 is 5.32 Å². The first kappa shape index (κ1) is 17.4. The highest BCUT2D eigenvalue weighted by Crippen LogP contribution is 2.50. The average Bonchev–Trinajstić information content (AvgIpc) is 2.45. The lowest BCUT2D eigenvalue weighted by molar-refractivity contribution is 0.200. The van der Waals surface area contributed by atoms with E-state index in [2.05, 4.69) is 21.2 Å². The molecule has 112 valence electrons. The average molecular weight is 364 g/mol. The monoisotopic (exact) mass is 363 g/mol. The molecule has 7 heteroatoms. The van der Waals surface area contributed by atoms with Gasteiger partial charge in [-0.2, -0.15) is 0 Å². The number of carbonyl (C=O) groups excluding carboxylic acids is 1. The summed E-state index contributed by atoms with van der Waals surface area (Å²) in [4.78, 5) is 12.1. The van der Waals surface area contributed by atoms with Crippen molar-refractivity contribution in [2.75, 3.05) is 18.5 Å². The Morgan fingerprint density at radius 2 is 1.65 bits per heavy atom. The Balaban J connectivity index is 2.76. The van der Waals surface area contributed by atoms with E-state index >= 15 is 0 Å². The van der Waals surface area contributed by atoms with Gasteiger partial charge in [0, 0.05) is 10.2 Å². The van der Waals surface area contributed by atoms with E-state index in [-0.39, 0.29) is 13.2 Å². The molecule has 0 fully saturated rings. The van der Waals surface area contributed by atoms with E-state index in [1.54, 1.807) is 24.3 Å². The van der Waals surface area contributed by atoms with E-state index in [1.807, 2.05) is 13.8 Å². The lowest BCUT2D eigenvalue weighted by atomic mass is 10.3. The Hall–Kier alpha value is -0.680. The summed E-state index contributed by atoms with van der Waals surface area (Å²) in [5.74, 6) is 0. The maximum absolute atomic E-state index is 12.4. The Morgan fingerprint density at radius 3 is 2.10 bits per heavy atom. The molecule has 20 heavy (non-hydrogen) atoms. The normalized spacial score (nSPS) is 11.3. The van der Waals surface area contributed by atoms with E-state index in [9.17, 15) is 9.36 Å². The summed E-state index contributed by atoms with van der Waals surface area (Å²) in [6, 6.07) is 6.96. The fourth-order valence-electron chi connectivity index (χ4n) is 1.30. The molecule has 0 aliphatic rings. The summed E-state index contributed by atoms with van der Waals surface area (Å²) in [5.41, 5.74) is -0.194. The highest BCUT2D eigenvalue weighted by atomic mass is 79.9. The minimum atomic E-state index is -3.78. The standard InChI is InChI=1S/C13H19BrNO4P/c1-3-9-18-20(17,19-10-4-2)13(16)15-12-7-5-11(14)6-8-12/h5-8H,3-4,9-10H2,1-2H3,(H,15,16). The van der Waals surface area contributed by atoms with Crippen LogP contribution in [0, 0.1) is 0 Å². The number of hydrogen-bond donors (Lipinski definition) is 1. The van der Waals surface area contributed by atoms with Gasteiger partial charge in [-0.25, -0.2) is 4.57 Å². The molecule has 1 aromatic rings. The number of amides is 1. The van der Waals surface area contributed by atoms with Crippen molar-refractivity contribution in [1.82, 2.24) is 0 Å². The molecule has 0 aliphatic heterocycles. The third kappa shape index (κ3) is 5.37. The van der Waals surface area contributed by atoms with Crippen LogP contribution in [0.15, 0.2) is 28.7 Å². The zero-order valence-corrected chi connectivity index (χ0v) is 14.1. The summed E-state index contributed by atoms with van der Waals surface area (Å²) >= 11 is 3.30. The maximum atomic E-state index is 12.4. The highest BCUT2D eigenvalue weighted by molar-refractivity contribution is 9.10. The van der Waals surface area contributed by atoms with Gasteiger partial charge < -0.3 is 14.4 Å². The molecule has 0 unspecified atom stereocenters. The molecule has 0 aliphatic carbocycles. The molecule has 0 aromatic heterocycles. The van der Waals surface area contributed by atoms with Gasteiger partial charge in [-0.05, 0) is 37.1 Å². The van der Waals surface area contributed by atoms with Crippen molar-refractivity contribution in [1.29, 1.82) is 0 Å². The molecule has 0 spiro atoms. The first-order valence-corrected chi connectivity index (χ1v) is 8.81. The van der Waals surface area contributed by atoms with Crippen LogP contribution in [-0.2, 0) is 13.6 Å². The van der Waals surface area contributed by atoms with Gasteiger partial charge in [-0.1, -0.05) is 29.8 Å². The van der Waals surface area contributed by atoms with E-state index in [1.165, 1.54) is 0 Å². The van der Waals surface area contributed by atoms with Crippen molar-refractivity contribution in [2.24, 2.45) is 0 Å². The Bertz CT molecular complexity index is 466. The molecule has 1 rings (SSSR count). The predicted molar refractivity (Wildman–Crippen MR) is 83.3 cm³/mol. The molecule has 0 atom stereocenters. The predicted octanol–water partition coefficient (Wildman–Crippen LogP) is 5.03. The minimum absolute atomic E-state index is 0.217. The van der Waals surface area contributed by atoms with E-state index in [0.717, 1.165) is 4.47 Å². The second-order valence-electron chi connectivity index (χ2n) is 4.10. The molecule has 0 saturated heterocycles. The number of nitrogens with one attached hydrogen (secondary N) is 1. The summed E-state index contributed by atoms with van der Waals surface area (Å²) in [7, 11) is -3.78. The van der Waals surface area contributed by atoms with E-state index in [0.29, 0.717) is 18.5 Å². The topological polar surface area (TPSA) is 64.6 Å². The third-order valence-corrected chi connectivity index (χ3v) is 4.46. The van der Waals surface area contributed by atoms with Crippen molar-refractivity contribution >= 4 is 34.9 Å². The van der Waals surface area contributed by atoms with E-state index < -0.39 is 13.2 Å². The molecular formula is C13H19BrNO4P. The zero-order valence-electron chi connectivity index (χ0n) is 11.6. The van der Waals surface area contributed by atoms with Crippen LogP contribution in [0.2, 0.25) is 0 Å². The molecule has 0 saturated carbocycles. The fourth-order valence-corrected chi connectivity index (χ4v) is 2.99. The smallest absolute Gasteiger partial charge is 0.316 e. The number of benzene rings is 1. The van der Waals surface area contributed by atoms with Crippen molar-refractivity contribution in [3.63, 3.8) is 0 Å².